The molecule has 0 bridgehead atoms. The molecule has 1 amide bonds. The minimum Gasteiger partial charge on any atom is -0.497 e. The number of methoxy groups -OCH3 is 2. The van der Waals surface area contributed by atoms with Crippen molar-refractivity contribution in [2.24, 2.45) is 0 Å². The molecule has 0 radical (unpaired) electrons. The van der Waals surface area contributed by atoms with Crippen LogP contribution in [-0.4, -0.2) is 31.2 Å². The molecule has 7 heteroatoms. The molecule has 0 aliphatic rings. The van der Waals surface area contributed by atoms with E-state index >= 15 is 0 Å². The van der Waals surface area contributed by atoms with E-state index in [1.165, 1.54) is 44.6 Å². The third-order valence-corrected chi connectivity index (χ3v) is 3.44. The van der Waals surface area contributed by atoms with E-state index in [1.807, 2.05) is 6.07 Å². The van der Waals surface area contributed by atoms with E-state index in [-0.39, 0.29) is 11.1 Å². The lowest BCUT2D eigenvalue weighted by atomic mass is 10.1. The van der Waals surface area contributed by atoms with Gasteiger partial charge in [0.25, 0.3) is 5.91 Å². The molecule has 0 aromatic heterocycles. The quantitative estimate of drug-likeness (QED) is 0.611. The lowest BCUT2D eigenvalue weighted by Crippen LogP contribution is -2.13. The molecule has 2 N–H and O–H groups in total. The number of nitrogens with one attached hydrogen (secondary N) is 1. The third-order valence-electron chi connectivity index (χ3n) is 3.44. The third kappa shape index (κ3) is 4.61. The monoisotopic (exact) mass is 352 g/mol. The van der Waals surface area contributed by atoms with E-state index in [4.69, 9.17) is 14.6 Å². The Kier molecular flexibility index (Phi) is 5.96. The Morgan fingerprint density at radius 3 is 2.12 bits per heavy atom. The number of carbonyl (C=O) groups excluding carboxylic acids is 1. The Morgan fingerprint density at radius 1 is 1.08 bits per heavy atom. The Morgan fingerprint density at radius 2 is 1.65 bits per heavy atom. The second-order valence-corrected chi connectivity index (χ2v) is 5.15. The van der Waals surface area contributed by atoms with Gasteiger partial charge in [0.15, 0.2) is 0 Å². The van der Waals surface area contributed by atoms with Crippen LogP contribution in [0.1, 0.15) is 15.9 Å². The van der Waals surface area contributed by atoms with Crippen LogP contribution in [0, 0.1) is 11.3 Å². The van der Waals surface area contributed by atoms with Crippen molar-refractivity contribution in [1.29, 1.82) is 5.26 Å². The van der Waals surface area contributed by atoms with Crippen LogP contribution in [0.25, 0.3) is 6.08 Å². The average Bonchev–Trinajstić information content (AvgIpc) is 2.65. The summed E-state index contributed by atoms with van der Waals surface area (Å²) in [5.74, 6) is -0.625. The smallest absolute Gasteiger partial charge is 0.335 e. The summed E-state index contributed by atoms with van der Waals surface area (Å²) >= 11 is 0. The summed E-state index contributed by atoms with van der Waals surface area (Å²) in [6.45, 7) is 0. The predicted octanol–water partition coefficient (Wildman–Crippen LogP) is 2.95. The fraction of sp³-hybridized carbons (Fsp3) is 0.105. The van der Waals surface area contributed by atoms with E-state index in [9.17, 15) is 14.9 Å². The van der Waals surface area contributed by atoms with E-state index in [1.54, 1.807) is 18.2 Å². The zero-order valence-electron chi connectivity index (χ0n) is 14.1. The molecule has 0 saturated heterocycles. The van der Waals surface area contributed by atoms with Crippen molar-refractivity contribution in [2.45, 2.75) is 0 Å². The van der Waals surface area contributed by atoms with E-state index in [2.05, 4.69) is 5.32 Å². The van der Waals surface area contributed by atoms with Crippen LogP contribution in [0.4, 0.5) is 5.69 Å². The Balaban J connectivity index is 2.24. The van der Waals surface area contributed by atoms with Gasteiger partial charge in [-0.3, -0.25) is 4.79 Å². The SMILES string of the molecule is COc1cc(/C=C(\C#N)C(=O)Nc2ccc(C(=O)O)cc2)cc(OC)c1. The fourth-order valence-electron chi connectivity index (χ4n) is 2.12. The first-order chi connectivity index (χ1) is 12.5. The molecule has 0 atom stereocenters. The number of hydrogen-bond donors (Lipinski definition) is 2. The summed E-state index contributed by atoms with van der Waals surface area (Å²) in [6, 6.07) is 12.5. The van der Waals surface area contributed by atoms with Gasteiger partial charge < -0.3 is 19.9 Å². The van der Waals surface area contributed by atoms with Gasteiger partial charge in [0.2, 0.25) is 0 Å². The molecule has 0 saturated carbocycles. The summed E-state index contributed by atoms with van der Waals surface area (Å²) in [5.41, 5.74) is 0.920. The van der Waals surface area contributed by atoms with Crippen molar-refractivity contribution in [3.05, 3.63) is 59.2 Å². The number of carbonyl (C=O) groups is 2. The first kappa shape index (κ1) is 18.5. The number of hydrogen-bond acceptors (Lipinski definition) is 5. The van der Waals surface area contributed by atoms with E-state index in [0.717, 1.165) is 0 Å². The molecule has 0 heterocycles. The van der Waals surface area contributed by atoms with Gasteiger partial charge in [-0.25, -0.2) is 4.79 Å². The maximum absolute atomic E-state index is 12.3. The van der Waals surface area contributed by atoms with Gasteiger partial charge in [-0.05, 0) is 48.0 Å². The van der Waals surface area contributed by atoms with Gasteiger partial charge in [-0.1, -0.05) is 0 Å². The maximum atomic E-state index is 12.3. The van der Waals surface area contributed by atoms with Gasteiger partial charge in [-0.2, -0.15) is 5.26 Å². The molecule has 0 aliphatic heterocycles. The van der Waals surface area contributed by atoms with E-state index < -0.39 is 11.9 Å². The van der Waals surface area contributed by atoms with Crippen LogP contribution in [0.3, 0.4) is 0 Å². The predicted molar refractivity (Wildman–Crippen MR) is 95.2 cm³/mol. The summed E-state index contributed by atoms with van der Waals surface area (Å²) < 4.78 is 10.3. The standard InChI is InChI=1S/C19H16N2O5/c1-25-16-8-12(9-17(10-16)26-2)7-14(11-20)18(22)21-15-5-3-13(4-6-15)19(23)24/h3-10H,1-2H3,(H,21,22)(H,23,24)/b14-7+. The number of anilines is 1. The average molecular weight is 352 g/mol. The summed E-state index contributed by atoms with van der Waals surface area (Å²) in [7, 11) is 3.00. The molecule has 132 valence electrons. The highest BCUT2D eigenvalue weighted by Crippen LogP contribution is 2.24. The van der Waals surface area contributed by atoms with Crippen molar-refractivity contribution in [3.63, 3.8) is 0 Å². The lowest BCUT2D eigenvalue weighted by Gasteiger charge is -2.07. The number of rotatable bonds is 6. The van der Waals surface area contributed by atoms with Crippen molar-refractivity contribution < 1.29 is 24.2 Å². The van der Waals surface area contributed by atoms with Crippen molar-refractivity contribution in [3.8, 4) is 17.6 Å². The molecule has 2 aromatic carbocycles. The van der Waals surface area contributed by atoms with Gasteiger partial charge in [0.05, 0.1) is 19.8 Å². The van der Waals surface area contributed by atoms with Gasteiger partial charge >= 0.3 is 5.97 Å². The van der Waals surface area contributed by atoms with Crippen LogP contribution in [0.5, 0.6) is 11.5 Å². The Labute approximate surface area is 150 Å². The summed E-state index contributed by atoms with van der Waals surface area (Å²) in [4.78, 5) is 23.1. The lowest BCUT2D eigenvalue weighted by molar-refractivity contribution is -0.112. The summed E-state index contributed by atoms with van der Waals surface area (Å²) in [6.07, 6.45) is 1.41. The van der Waals surface area contributed by atoms with Crippen LogP contribution >= 0.6 is 0 Å². The number of ether oxygens (including phenoxy) is 2. The minimum absolute atomic E-state index is 0.0996. The van der Waals surface area contributed by atoms with Crippen LogP contribution in [0.15, 0.2) is 48.0 Å². The highest BCUT2D eigenvalue weighted by atomic mass is 16.5. The van der Waals surface area contributed by atoms with Gasteiger partial charge in [0.1, 0.15) is 23.1 Å². The molecular weight excluding hydrogens is 336 g/mol. The van der Waals surface area contributed by atoms with E-state index in [0.29, 0.717) is 22.7 Å². The number of carboxylic acids is 1. The van der Waals surface area contributed by atoms with Crippen molar-refractivity contribution in [1.82, 2.24) is 0 Å². The normalized spacial score (nSPS) is 10.6. The second kappa shape index (κ2) is 8.35. The van der Waals surface area contributed by atoms with Crippen molar-refractivity contribution in [2.75, 3.05) is 19.5 Å². The van der Waals surface area contributed by atoms with Gasteiger partial charge in [0, 0.05) is 11.8 Å². The highest BCUT2D eigenvalue weighted by molar-refractivity contribution is 6.09. The zero-order valence-corrected chi connectivity index (χ0v) is 14.1. The Bertz CT molecular complexity index is 873. The minimum atomic E-state index is -1.06. The molecule has 26 heavy (non-hydrogen) atoms. The molecule has 2 aromatic rings. The molecule has 2 rings (SSSR count). The molecule has 0 unspecified atom stereocenters. The largest absolute Gasteiger partial charge is 0.497 e. The number of benzene rings is 2. The topological polar surface area (TPSA) is 109 Å². The number of amides is 1. The van der Waals surface area contributed by atoms with Crippen LogP contribution < -0.4 is 14.8 Å². The Hall–Kier alpha value is -3.79. The highest BCUT2D eigenvalue weighted by Gasteiger charge is 2.11. The maximum Gasteiger partial charge on any atom is 0.335 e. The van der Waals surface area contributed by atoms with Crippen LogP contribution in [-0.2, 0) is 4.79 Å². The second-order valence-electron chi connectivity index (χ2n) is 5.15. The molecular formula is C19H16N2O5. The zero-order chi connectivity index (χ0) is 19.1. The fourth-order valence-corrected chi connectivity index (χ4v) is 2.12. The molecule has 0 aliphatic carbocycles. The van der Waals surface area contributed by atoms with Gasteiger partial charge in [-0.15, -0.1) is 0 Å². The number of aromatic carboxylic acids is 1. The molecule has 0 spiro atoms. The van der Waals surface area contributed by atoms with Crippen LogP contribution in [0.2, 0.25) is 0 Å². The first-order valence-corrected chi connectivity index (χ1v) is 7.46. The van der Waals surface area contributed by atoms with Crippen molar-refractivity contribution >= 4 is 23.6 Å². The number of carboxylic acid groups (broad SMARTS) is 1. The molecule has 7 nitrogen and oxygen atoms in total. The number of nitrogens with zero attached hydrogens (tertiary/aromatic N) is 1. The number of nitriles is 1. The first-order valence-electron chi connectivity index (χ1n) is 7.46. The molecule has 0 fully saturated rings. The summed E-state index contributed by atoms with van der Waals surface area (Å²) in [5, 5.41) is 20.7.